The summed E-state index contributed by atoms with van der Waals surface area (Å²) < 4.78 is 7.24. The Labute approximate surface area is 169 Å². The molecular weight excluding hydrogens is 370 g/mol. The van der Waals surface area contributed by atoms with E-state index in [9.17, 15) is 9.90 Å². The van der Waals surface area contributed by atoms with E-state index in [0.717, 1.165) is 17.9 Å². The number of carbonyl (C=O) groups excluding carboxylic acids is 1. The van der Waals surface area contributed by atoms with Gasteiger partial charge in [-0.25, -0.2) is 0 Å². The zero-order valence-corrected chi connectivity index (χ0v) is 16.4. The summed E-state index contributed by atoms with van der Waals surface area (Å²) in [6.45, 7) is 4.54. The summed E-state index contributed by atoms with van der Waals surface area (Å²) in [5, 5.41) is 22.4. The summed E-state index contributed by atoms with van der Waals surface area (Å²) in [6, 6.07) is 12.9. The molecule has 152 valence electrons. The Morgan fingerprint density at radius 3 is 2.83 bits per heavy atom. The Balaban J connectivity index is 1.57. The van der Waals surface area contributed by atoms with Gasteiger partial charge in [0.25, 0.3) is 5.91 Å². The van der Waals surface area contributed by atoms with Crippen LogP contribution in [0.5, 0.6) is 0 Å². The van der Waals surface area contributed by atoms with Crippen LogP contribution in [0.1, 0.15) is 35.3 Å². The van der Waals surface area contributed by atoms with Crippen molar-refractivity contribution in [2.45, 2.75) is 38.1 Å². The number of likely N-dealkylation sites (tertiary alicyclic amines) is 1. The number of piperidine rings is 1. The molecule has 1 aliphatic rings. The molecule has 0 aliphatic carbocycles. The summed E-state index contributed by atoms with van der Waals surface area (Å²) in [5.74, 6) is 0.759. The van der Waals surface area contributed by atoms with E-state index in [0.29, 0.717) is 26.1 Å². The fourth-order valence-corrected chi connectivity index (χ4v) is 3.96. The standard InChI is InChI=1S/C21H25N5O3/c1-2-26-15-22-24-19(26)14-25-11-10-21(18(27)13-25,16-7-4-3-5-8-16)23-20(28)17-9-6-12-29-17/h3-9,12,15,18,27H,2,10-11,13-14H2,1H3,(H,23,28)/t18-,21+/m1/s1. The Kier molecular flexibility index (Phi) is 5.46. The molecule has 29 heavy (non-hydrogen) atoms. The summed E-state index contributed by atoms with van der Waals surface area (Å²) in [7, 11) is 0. The lowest BCUT2D eigenvalue weighted by Crippen LogP contribution is -2.61. The predicted molar refractivity (Wildman–Crippen MR) is 106 cm³/mol. The average Bonchev–Trinajstić information content (AvgIpc) is 3.43. The Morgan fingerprint density at radius 1 is 1.31 bits per heavy atom. The van der Waals surface area contributed by atoms with Gasteiger partial charge < -0.3 is 19.4 Å². The lowest BCUT2D eigenvalue weighted by molar-refractivity contribution is -0.0194. The smallest absolute Gasteiger partial charge is 0.287 e. The van der Waals surface area contributed by atoms with Crippen LogP contribution in [0.15, 0.2) is 59.5 Å². The zero-order chi connectivity index (χ0) is 20.3. The molecule has 8 heteroatoms. The van der Waals surface area contributed by atoms with Gasteiger partial charge in [0, 0.05) is 19.6 Å². The number of benzene rings is 1. The minimum atomic E-state index is -0.889. The van der Waals surface area contributed by atoms with E-state index in [1.54, 1.807) is 18.5 Å². The molecule has 0 unspecified atom stereocenters. The van der Waals surface area contributed by atoms with Gasteiger partial charge in [-0.3, -0.25) is 9.69 Å². The first-order valence-corrected chi connectivity index (χ1v) is 9.81. The average molecular weight is 395 g/mol. The molecule has 0 radical (unpaired) electrons. The van der Waals surface area contributed by atoms with Gasteiger partial charge in [0.15, 0.2) is 5.76 Å². The number of amides is 1. The van der Waals surface area contributed by atoms with Crippen molar-refractivity contribution in [2.75, 3.05) is 13.1 Å². The van der Waals surface area contributed by atoms with E-state index in [4.69, 9.17) is 4.42 Å². The number of rotatable bonds is 6. The Hall–Kier alpha value is -2.97. The number of aryl methyl sites for hydroxylation is 1. The second kappa shape index (κ2) is 8.18. The molecule has 1 amide bonds. The summed E-state index contributed by atoms with van der Waals surface area (Å²) >= 11 is 0. The van der Waals surface area contributed by atoms with Crippen LogP contribution in [0.25, 0.3) is 0 Å². The van der Waals surface area contributed by atoms with Crippen molar-refractivity contribution in [1.82, 2.24) is 25.0 Å². The maximum Gasteiger partial charge on any atom is 0.287 e. The van der Waals surface area contributed by atoms with Gasteiger partial charge in [-0.1, -0.05) is 30.3 Å². The molecule has 1 saturated heterocycles. The minimum Gasteiger partial charge on any atom is -0.459 e. The van der Waals surface area contributed by atoms with Gasteiger partial charge in [-0.15, -0.1) is 10.2 Å². The topological polar surface area (TPSA) is 96.4 Å². The van der Waals surface area contributed by atoms with Crippen molar-refractivity contribution in [3.63, 3.8) is 0 Å². The third-order valence-corrected chi connectivity index (χ3v) is 5.59. The number of hydrogen-bond donors (Lipinski definition) is 2. The third kappa shape index (κ3) is 3.81. The van der Waals surface area contributed by atoms with Crippen LogP contribution in [-0.2, 0) is 18.6 Å². The SMILES string of the molecule is CCn1cnnc1CN1CC[C@](NC(=O)c2ccco2)(c2ccccc2)[C@H](O)C1. The van der Waals surface area contributed by atoms with Crippen LogP contribution in [0.4, 0.5) is 0 Å². The number of carbonyl (C=O) groups is 1. The van der Waals surface area contributed by atoms with Crippen LogP contribution in [0, 0.1) is 0 Å². The van der Waals surface area contributed by atoms with E-state index in [2.05, 4.69) is 20.4 Å². The number of aliphatic hydroxyl groups excluding tert-OH is 1. The molecule has 2 atom stereocenters. The number of β-amino-alcohol motifs (C(OH)–C–C–N with tert-alkyl or cyclic N) is 1. The van der Waals surface area contributed by atoms with Crippen molar-refractivity contribution in [2.24, 2.45) is 0 Å². The highest BCUT2D eigenvalue weighted by Crippen LogP contribution is 2.34. The fraction of sp³-hybridized carbons (Fsp3) is 0.381. The predicted octanol–water partition coefficient (Wildman–Crippen LogP) is 1.78. The second-order valence-corrected chi connectivity index (χ2v) is 7.30. The molecule has 8 nitrogen and oxygen atoms in total. The highest BCUT2D eigenvalue weighted by atomic mass is 16.3. The van der Waals surface area contributed by atoms with Crippen molar-refractivity contribution >= 4 is 5.91 Å². The third-order valence-electron chi connectivity index (χ3n) is 5.59. The minimum absolute atomic E-state index is 0.228. The number of nitrogens with zero attached hydrogens (tertiary/aromatic N) is 4. The zero-order valence-electron chi connectivity index (χ0n) is 16.4. The lowest BCUT2D eigenvalue weighted by Gasteiger charge is -2.46. The quantitative estimate of drug-likeness (QED) is 0.661. The summed E-state index contributed by atoms with van der Waals surface area (Å²) in [4.78, 5) is 14.9. The van der Waals surface area contributed by atoms with Crippen LogP contribution in [-0.4, -0.2) is 49.9 Å². The van der Waals surface area contributed by atoms with Gasteiger partial charge in [0.1, 0.15) is 12.2 Å². The molecule has 3 aromatic rings. The fourth-order valence-electron chi connectivity index (χ4n) is 3.96. The van der Waals surface area contributed by atoms with E-state index in [1.807, 2.05) is 41.8 Å². The van der Waals surface area contributed by atoms with Gasteiger partial charge in [-0.05, 0) is 31.0 Å². The molecule has 3 heterocycles. The number of aromatic nitrogens is 3. The van der Waals surface area contributed by atoms with Crippen molar-refractivity contribution < 1.29 is 14.3 Å². The Morgan fingerprint density at radius 2 is 2.14 bits per heavy atom. The summed E-state index contributed by atoms with van der Waals surface area (Å²) in [6.07, 6.45) is 2.95. The molecule has 1 aliphatic heterocycles. The molecule has 0 bridgehead atoms. The first-order chi connectivity index (χ1) is 14.1. The van der Waals surface area contributed by atoms with E-state index >= 15 is 0 Å². The van der Waals surface area contributed by atoms with Crippen molar-refractivity contribution in [1.29, 1.82) is 0 Å². The molecule has 1 aromatic carbocycles. The van der Waals surface area contributed by atoms with Gasteiger partial charge in [0.2, 0.25) is 0 Å². The molecule has 0 spiro atoms. The van der Waals surface area contributed by atoms with E-state index in [-0.39, 0.29) is 11.7 Å². The van der Waals surface area contributed by atoms with E-state index in [1.165, 1.54) is 6.26 Å². The number of nitrogens with one attached hydrogen (secondary N) is 1. The monoisotopic (exact) mass is 395 g/mol. The first-order valence-electron chi connectivity index (χ1n) is 9.81. The maximum absolute atomic E-state index is 12.8. The highest BCUT2D eigenvalue weighted by molar-refractivity contribution is 5.92. The normalized spacial score (nSPS) is 22.5. The van der Waals surface area contributed by atoms with Crippen molar-refractivity contribution in [3.05, 3.63) is 72.2 Å². The number of hydrogen-bond acceptors (Lipinski definition) is 6. The molecule has 2 aromatic heterocycles. The molecule has 2 N–H and O–H groups in total. The van der Waals surface area contributed by atoms with Gasteiger partial charge in [0.05, 0.1) is 24.5 Å². The van der Waals surface area contributed by atoms with Gasteiger partial charge >= 0.3 is 0 Å². The molecule has 1 fully saturated rings. The number of aliphatic hydroxyl groups is 1. The van der Waals surface area contributed by atoms with Crippen LogP contribution < -0.4 is 5.32 Å². The number of furan rings is 1. The summed E-state index contributed by atoms with van der Waals surface area (Å²) in [5.41, 5.74) is -0.0103. The highest BCUT2D eigenvalue weighted by Gasteiger charge is 2.45. The largest absolute Gasteiger partial charge is 0.459 e. The van der Waals surface area contributed by atoms with Gasteiger partial charge in [-0.2, -0.15) is 0 Å². The first kappa shape index (κ1) is 19.4. The molecule has 4 rings (SSSR count). The second-order valence-electron chi connectivity index (χ2n) is 7.30. The van der Waals surface area contributed by atoms with E-state index < -0.39 is 11.6 Å². The maximum atomic E-state index is 12.8. The molecular formula is C21H25N5O3. The van der Waals surface area contributed by atoms with Crippen LogP contribution >= 0.6 is 0 Å². The molecule has 0 saturated carbocycles. The lowest BCUT2D eigenvalue weighted by atomic mass is 9.78. The van der Waals surface area contributed by atoms with Crippen molar-refractivity contribution in [3.8, 4) is 0 Å². The Bertz CT molecular complexity index is 940. The van der Waals surface area contributed by atoms with Crippen LogP contribution in [0.2, 0.25) is 0 Å². The van der Waals surface area contributed by atoms with Crippen LogP contribution in [0.3, 0.4) is 0 Å².